The number of para-hydroxylation sites is 1. The minimum atomic E-state index is 0.128. The van der Waals surface area contributed by atoms with Gasteiger partial charge in [-0.15, -0.1) is 0 Å². The van der Waals surface area contributed by atoms with Crippen molar-refractivity contribution in [3.05, 3.63) is 52.7 Å². The molecule has 0 N–H and O–H groups in total. The smallest absolute Gasteiger partial charge is 0.197 e. The van der Waals surface area contributed by atoms with E-state index in [0.29, 0.717) is 0 Å². The van der Waals surface area contributed by atoms with Crippen LogP contribution in [0.5, 0.6) is 0 Å². The number of pyridine rings is 1. The number of aryl methyl sites for hydroxylation is 1. The molecular weight excluding hydrogens is 272 g/mol. The number of hydrogen-bond acceptors (Lipinski definition) is 2. The molecule has 0 saturated heterocycles. The van der Waals surface area contributed by atoms with Gasteiger partial charge in [0, 0.05) is 37.1 Å². The number of fused-ring (bicyclic) bond motifs is 2. The molecule has 114 valence electrons. The zero-order chi connectivity index (χ0) is 15.7. The van der Waals surface area contributed by atoms with Gasteiger partial charge in [-0.1, -0.05) is 25.5 Å². The van der Waals surface area contributed by atoms with Gasteiger partial charge in [-0.3, -0.25) is 4.79 Å². The van der Waals surface area contributed by atoms with Crippen LogP contribution >= 0.6 is 0 Å². The van der Waals surface area contributed by atoms with Gasteiger partial charge in [0.15, 0.2) is 5.43 Å². The average Bonchev–Trinajstić information content (AvgIpc) is 2.54. The first-order chi connectivity index (χ1) is 10.6. The maximum atomic E-state index is 12.8. The molecule has 1 aromatic heterocycles. The van der Waals surface area contributed by atoms with Crippen molar-refractivity contribution in [3.8, 4) is 0 Å². The number of benzene rings is 2. The van der Waals surface area contributed by atoms with Crippen molar-refractivity contribution in [2.75, 3.05) is 19.0 Å². The lowest BCUT2D eigenvalue weighted by Gasteiger charge is -2.18. The van der Waals surface area contributed by atoms with Crippen molar-refractivity contribution in [3.63, 3.8) is 0 Å². The highest BCUT2D eigenvalue weighted by Crippen LogP contribution is 2.24. The first-order valence-electron chi connectivity index (χ1n) is 7.86. The molecule has 0 atom stereocenters. The highest BCUT2D eigenvalue weighted by atomic mass is 16.1. The summed E-state index contributed by atoms with van der Waals surface area (Å²) in [4.78, 5) is 14.8. The lowest BCUT2D eigenvalue weighted by molar-refractivity contribution is 0.662. The van der Waals surface area contributed by atoms with E-state index >= 15 is 0 Å². The number of unbranched alkanes of at least 4 members (excludes halogenated alkanes) is 1. The van der Waals surface area contributed by atoms with Crippen LogP contribution < -0.4 is 10.3 Å². The Bertz CT molecular complexity index is 878. The van der Waals surface area contributed by atoms with Gasteiger partial charge in [0.05, 0.1) is 11.0 Å². The zero-order valence-electron chi connectivity index (χ0n) is 13.5. The second-order valence-corrected chi connectivity index (χ2v) is 5.95. The Balaban J connectivity index is 2.42. The third-order valence-electron chi connectivity index (χ3n) is 4.21. The molecule has 0 aliphatic carbocycles. The molecule has 0 fully saturated rings. The normalized spacial score (nSPS) is 11.2. The molecular formula is C19H22N2O. The summed E-state index contributed by atoms with van der Waals surface area (Å²) in [6, 6.07) is 14.0. The largest absolute Gasteiger partial charge is 0.378 e. The van der Waals surface area contributed by atoms with Crippen LogP contribution in [0.15, 0.2) is 47.3 Å². The van der Waals surface area contributed by atoms with Crippen molar-refractivity contribution in [1.29, 1.82) is 0 Å². The van der Waals surface area contributed by atoms with Crippen LogP contribution in [0, 0.1) is 0 Å². The quantitative estimate of drug-likeness (QED) is 0.679. The number of hydrogen-bond donors (Lipinski definition) is 0. The molecule has 1 heterocycles. The van der Waals surface area contributed by atoms with Crippen molar-refractivity contribution in [2.24, 2.45) is 0 Å². The first-order valence-corrected chi connectivity index (χ1v) is 7.86. The van der Waals surface area contributed by atoms with Crippen LogP contribution in [-0.4, -0.2) is 18.7 Å². The topological polar surface area (TPSA) is 25.2 Å². The van der Waals surface area contributed by atoms with Crippen molar-refractivity contribution < 1.29 is 0 Å². The SMILES string of the molecule is CCCCn1c2ccccc2c(=O)c2ccc(N(C)C)cc21. The van der Waals surface area contributed by atoms with E-state index < -0.39 is 0 Å². The maximum Gasteiger partial charge on any atom is 0.197 e. The molecule has 2 aromatic carbocycles. The van der Waals surface area contributed by atoms with Gasteiger partial charge >= 0.3 is 0 Å². The summed E-state index contributed by atoms with van der Waals surface area (Å²) < 4.78 is 2.29. The van der Waals surface area contributed by atoms with Gasteiger partial charge < -0.3 is 9.47 Å². The maximum absolute atomic E-state index is 12.8. The second-order valence-electron chi connectivity index (χ2n) is 5.95. The summed E-state index contributed by atoms with van der Waals surface area (Å²) in [6.07, 6.45) is 2.24. The number of nitrogens with zero attached hydrogens (tertiary/aromatic N) is 2. The minimum Gasteiger partial charge on any atom is -0.378 e. The van der Waals surface area contributed by atoms with Crippen molar-refractivity contribution in [2.45, 2.75) is 26.3 Å². The molecule has 3 aromatic rings. The monoisotopic (exact) mass is 294 g/mol. The van der Waals surface area contributed by atoms with E-state index in [9.17, 15) is 4.79 Å². The standard InChI is InChI=1S/C19H22N2O/c1-4-5-12-21-17-9-7-6-8-15(17)19(22)16-11-10-14(20(2)3)13-18(16)21/h6-11,13H,4-5,12H2,1-3H3. The fraction of sp³-hybridized carbons (Fsp3) is 0.316. The second kappa shape index (κ2) is 5.84. The lowest BCUT2D eigenvalue weighted by atomic mass is 10.1. The third kappa shape index (κ3) is 2.37. The Morgan fingerprint density at radius 2 is 1.73 bits per heavy atom. The van der Waals surface area contributed by atoms with E-state index in [-0.39, 0.29) is 5.43 Å². The fourth-order valence-electron chi connectivity index (χ4n) is 2.95. The molecule has 22 heavy (non-hydrogen) atoms. The molecule has 3 heteroatoms. The molecule has 0 radical (unpaired) electrons. The van der Waals surface area contributed by atoms with Crippen LogP contribution in [-0.2, 0) is 6.54 Å². The first kappa shape index (κ1) is 14.6. The van der Waals surface area contributed by atoms with Gasteiger partial charge in [0.1, 0.15) is 0 Å². The van der Waals surface area contributed by atoms with Crippen molar-refractivity contribution >= 4 is 27.5 Å². The molecule has 0 bridgehead atoms. The molecule has 0 unspecified atom stereocenters. The fourth-order valence-corrected chi connectivity index (χ4v) is 2.95. The molecule has 0 spiro atoms. The van der Waals surface area contributed by atoms with Crippen LogP contribution in [0.4, 0.5) is 5.69 Å². The summed E-state index contributed by atoms with van der Waals surface area (Å²) in [6.45, 7) is 3.13. The number of rotatable bonds is 4. The van der Waals surface area contributed by atoms with E-state index in [2.05, 4.69) is 22.5 Å². The molecule has 0 saturated carbocycles. The van der Waals surface area contributed by atoms with E-state index in [4.69, 9.17) is 0 Å². The minimum absolute atomic E-state index is 0.128. The lowest BCUT2D eigenvalue weighted by Crippen LogP contribution is -2.14. The summed E-state index contributed by atoms with van der Waals surface area (Å²) in [5, 5.41) is 1.61. The Morgan fingerprint density at radius 3 is 2.45 bits per heavy atom. The van der Waals surface area contributed by atoms with E-state index in [1.165, 1.54) is 0 Å². The predicted molar refractivity (Wildman–Crippen MR) is 94.9 cm³/mol. The highest BCUT2D eigenvalue weighted by molar-refractivity contribution is 5.94. The van der Waals surface area contributed by atoms with Gasteiger partial charge in [0.25, 0.3) is 0 Å². The average molecular weight is 294 g/mol. The van der Waals surface area contributed by atoms with E-state index in [1.54, 1.807) is 0 Å². The molecule has 0 aliphatic rings. The van der Waals surface area contributed by atoms with Gasteiger partial charge in [-0.05, 0) is 36.8 Å². The number of anilines is 1. The van der Waals surface area contributed by atoms with E-state index in [0.717, 1.165) is 46.9 Å². The van der Waals surface area contributed by atoms with Crippen LogP contribution in [0.25, 0.3) is 21.8 Å². The zero-order valence-corrected chi connectivity index (χ0v) is 13.5. The Kier molecular flexibility index (Phi) is 3.88. The summed E-state index contributed by atoms with van der Waals surface area (Å²) in [5.74, 6) is 0. The van der Waals surface area contributed by atoms with Gasteiger partial charge in [-0.25, -0.2) is 0 Å². The third-order valence-corrected chi connectivity index (χ3v) is 4.21. The van der Waals surface area contributed by atoms with E-state index in [1.807, 2.05) is 50.5 Å². The van der Waals surface area contributed by atoms with Crippen LogP contribution in [0.1, 0.15) is 19.8 Å². The number of aromatic nitrogens is 1. The predicted octanol–water partition coefficient (Wildman–Crippen LogP) is 4.02. The molecule has 0 aliphatic heterocycles. The molecule has 3 rings (SSSR count). The van der Waals surface area contributed by atoms with Gasteiger partial charge in [-0.2, -0.15) is 0 Å². The summed E-state index contributed by atoms with van der Waals surface area (Å²) in [7, 11) is 4.05. The van der Waals surface area contributed by atoms with Crippen LogP contribution in [0.2, 0.25) is 0 Å². The summed E-state index contributed by atoms with van der Waals surface area (Å²) >= 11 is 0. The Labute approximate surface area is 130 Å². The highest BCUT2D eigenvalue weighted by Gasteiger charge is 2.11. The molecule has 3 nitrogen and oxygen atoms in total. The summed E-state index contributed by atoms with van der Waals surface area (Å²) in [5.41, 5.74) is 3.31. The Morgan fingerprint density at radius 1 is 1.00 bits per heavy atom. The van der Waals surface area contributed by atoms with Crippen LogP contribution in [0.3, 0.4) is 0 Å². The Hall–Kier alpha value is -2.29. The van der Waals surface area contributed by atoms with Gasteiger partial charge in [0.2, 0.25) is 0 Å². The molecule has 0 amide bonds. The van der Waals surface area contributed by atoms with Crippen molar-refractivity contribution in [1.82, 2.24) is 4.57 Å².